The maximum atomic E-state index is 5.96. The topological polar surface area (TPSA) is 29.3 Å². The lowest BCUT2D eigenvalue weighted by Crippen LogP contribution is -2.33. The number of aromatic nitrogens is 1. The highest BCUT2D eigenvalue weighted by Crippen LogP contribution is 2.33. The van der Waals surface area contributed by atoms with Crippen LogP contribution in [0.15, 0.2) is 35.4 Å². The molecule has 0 bridgehead atoms. The fourth-order valence-electron chi connectivity index (χ4n) is 2.80. The molecule has 20 heavy (non-hydrogen) atoms. The van der Waals surface area contributed by atoms with Crippen LogP contribution in [0, 0.1) is 0 Å². The Morgan fingerprint density at radius 2 is 2.15 bits per heavy atom. The molecule has 1 aromatic carbocycles. The van der Waals surface area contributed by atoms with E-state index in [0.717, 1.165) is 49.1 Å². The average Bonchev–Trinajstić information content (AvgIpc) is 2.83. The lowest BCUT2D eigenvalue weighted by atomic mass is 9.91. The van der Waals surface area contributed by atoms with Crippen molar-refractivity contribution in [3.8, 4) is 0 Å². The van der Waals surface area contributed by atoms with Gasteiger partial charge in [-0.3, -0.25) is 4.90 Å². The van der Waals surface area contributed by atoms with Gasteiger partial charge < -0.3 is 4.52 Å². The minimum atomic E-state index is 0. The third-order valence-corrected chi connectivity index (χ3v) is 4.06. The Labute approximate surface area is 130 Å². The van der Waals surface area contributed by atoms with Crippen molar-refractivity contribution < 1.29 is 4.52 Å². The Hall–Kier alpha value is -1.03. The second kappa shape index (κ2) is 6.61. The van der Waals surface area contributed by atoms with Crippen LogP contribution in [-0.2, 0) is 0 Å². The highest BCUT2D eigenvalue weighted by molar-refractivity contribution is 6.31. The van der Waals surface area contributed by atoms with E-state index in [2.05, 4.69) is 16.6 Å². The van der Waals surface area contributed by atoms with Crippen LogP contribution in [0.25, 0.3) is 11.0 Å². The van der Waals surface area contributed by atoms with Crippen molar-refractivity contribution in [2.75, 3.05) is 19.6 Å². The molecule has 0 spiro atoms. The summed E-state index contributed by atoms with van der Waals surface area (Å²) in [6, 6.07) is 5.75. The molecule has 0 amide bonds. The standard InChI is InChI=1S/C15H17ClN2O.ClH/c1-2-7-18-8-5-11(6-9-18)15-13-4-3-12(16)10-14(13)19-17-15;/h2-4,10-11H,1,5-9H2;1H. The highest BCUT2D eigenvalue weighted by Gasteiger charge is 2.24. The van der Waals surface area contributed by atoms with E-state index in [1.54, 1.807) is 0 Å². The first-order valence-electron chi connectivity index (χ1n) is 6.66. The summed E-state index contributed by atoms with van der Waals surface area (Å²) in [7, 11) is 0. The number of halogens is 2. The zero-order valence-electron chi connectivity index (χ0n) is 11.2. The SMILES string of the molecule is C=CCN1CCC(c2noc3cc(Cl)ccc23)CC1.Cl. The molecular weight excluding hydrogens is 295 g/mol. The summed E-state index contributed by atoms with van der Waals surface area (Å²) in [6.45, 7) is 6.96. The maximum absolute atomic E-state index is 5.96. The van der Waals surface area contributed by atoms with Crippen LogP contribution in [0.2, 0.25) is 5.02 Å². The maximum Gasteiger partial charge on any atom is 0.168 e. The van der Waals surface area contributed by atoms with E-state index in [1.807, 2.05) is 24.3 Å². The van der Waals surface area contributed by atoms with Gasteiger partial charge in [0.25, 0.3) is 0 Å². The molecule has 2 heterocycles. The summed E-state index contributed by atoms with van der Waals surface area (Å²) in [6.07, 6.45) is 4.21. The smallest absolute Gasteiger partial charge is 0.168 e. The van der Waals surface area contributed by atoms with Gasteiger partial charge in [0.15, 0.2) is 5.58 Å². The Morgan fingerprint density at radius 3 is 2.85 bits per heavy atom. The molecule has 5 heteroatoms. The zero-order valence-corrected chi connectivity index (χ0v) is 12.8. The van der Waals surface area contributed by atoms with Gasteiger partial charge in [0.2, 0.25) is 0 Å². The predicted octanol–water partition coefficient (Wildman–Crippen LogP) is 4.27. The van der Waals surface area contributed by atoms with Crippen LogP contribution in [0.1, 0.15) is 24.5 Å². The van der Waals surface area contributed by atoms with Gasteiger partial charge in [-0.05, 0) is 38.1 Å². The van der Waals surface area contributed by atoms with Crippen molar-refractivity contribution in [3.63, 3.8) is 0 Å². The summed E-state index contributed by atoms with van der Waals surface area (Å²) in [5, 5.41) is 6.05. The van der Waals surface area contributed by atoms with Crippen LogP contribution in [0.4, 0.5) is 0 Å². The van der Waals surface area contributed by atoms with Gasteiger partial charge in [-0.15, -0.1) is 19.0 Å². The largest absolute Gasteiger partial charge is 0.356 e. The van der Waals surface area contributed by atoms with Crippen LogP contribution in [0.3, 0.4) is 0 Å². The predicted molar refractivity (Wildman–Crippen MR) is 84.9 cm³/mol. The zero-order chi connectivity index (χ0) is 13.2. The fourth-order valence-corrected chi connectivity index (χ4v) is 2.96. The molecule has 3 rings (SSSR count). The second-order valence-corrected chi connectivity index (χ2v) is 5.51. The third-order valence-electron chi connectivity index (χ3n) is 3.82. The van der Waals surface area contributed by atoms with Crippen LogP contribution >= 0.6 is 24.0 Å². The highest BCUT2D eigenvalue weighted by atomic mass is 35.5. The molecule has 3 nitrogen and oxygen atoms in total. The van der Waals surface area contributed by atoms with E-state index in [9.17, 15) is 0 Å². The van der Waals surface area contributed by atoms with Gasteiger partial charge in [0.05, 0.1) is 5.69 Å². The quantitative estimate of drug-likeness (QED) is 0.793. The first-order valence-corrected chi connectivity index (χ1v) is 7.04. The van der Waals surface area contributed by atoms with Gasteiger partial charge in [-0.25, -0.2) is 0 Å². The molecule has 1 saturated heterocycles. The van der Waals surface area contributed by atoms with Crippen LogP contribution < -0.4 is 0 Å². The van der Waals surface area contributed by atoms with E-state index in [4.69, 9.17) is 16.1 Å². The van der Waals surface area contributed by atoms with E-state index >= 15 is 0 Å². The summed E-state index contributed by atoms with van der Waals surface area (Å²) in [4.78, 5) is 2.42. The van der Waals surface area contributed by atoms with E-state index in [0.29, 0.717) is 10.9 Å². The summed E-state index contributed by atoms with van der Waals surface area (Å²) in [5.74, 6) is 0.489. The first kappa shape index (κ1) is 15.4. The molecular formula is C15H18Cl2N2O. The van der Waals surface area contributed by atoms with Crippen molar-refractivity contribution in [2.24, 2.45) is 0 Å². The number of nitrogens with zero attached hydrogens (tertiary/aromatic N) is 2. The lowest BCUT2D eigenvalue weighted by molar-refractivity contribution is 0.229. The number of piperidine rings is 1. The van der Waals surface area contributed by atoms with Crippen LogP contribution in [0.5, 0.6) is 0 Å². The summed E-state index contributed by atoms with van der Waals surface area (Å²) < 4.78 is 5.39. The van der Waals surface area contributed by atoms with Crippen molar-refractivity contribution in [1.82, 2.24) is 10.1 Å². The second-order valence-electron chi connectivity index (χ2n) is 5.07. The molecule has 2 aromatic rings. The van der Waals surface area contributed by atoms with Gasteiger partial charge in [0, 0.05) is 28.9 Å². The van der Waals surface area contributed by atoms with Crippen molar-refractivity contribution in [2.45, 2.75) is 18.8 Å². The molecule has 0 atom stereocenters. The van der Waals surface area contributed by atoms with E-state index < -0.39 is 0 Å². The monoisotopic (exact) mass is 312 g/mol. The van der Waals surface area contributed by atoms with Gasteiger partial charge in [0.1, 0.15) is 0 Å². The normalized spacial score (nSPS) is 17.1. The third kappa shape index (κ3) is 3.00. The summed E-state index contributed by atoms with van der Waals surface area (Å²) in [5.41, 5.74) is 1.88. The van der Waals surface area contributed by atoms with E-state index in [-0.39, 0.29) is 12.4 Å². The molecule has 0 radical (unpaired) electrons. The van der Waals surface area contributed by atoms with E-state index in [1.165, 1.54) is 0 Å². The lowest BCUT2D eigenvalue weighted by Gasteiger charge is -2.30. The van der Waals surface area contributed by atoms with Crippen molar-refractivity contribution >= 4 is 35.0 Å². The van der Waals surface area contributed by atoms with Crippen LogP contribution in [-0.4, -0.2) is 29.7 Å². The molecule has 0 N–H and O–H groups in total. The molecule has 0 unspecified atom stereocenters. The molecule has 1 fully saturated rings. The number of hydrogen-bond acceptors (Lipinski definition) is 3. The molecule has 108 valence electrons. The molecule has 1 aliphatic heterocycles. The Kier molecular flexibility index (Phi) is 5.08. The molecule has 0 aliphatic carbocycles. The Morgan fingerprint density at radius 1 is 1.40 bits per heavy atom. The molecule has 1 aliphatic rings. The minimum absolute atomic E-state index is 0. The summed E-state index contributed by atoms with van der Waals surface area (Å²) >= 11 is 5.96. The van der Waals surface area contributed by atoms with Crippen molar-refractivity contribution in [1.29, 1.82) is 0 Å². The minimum Gasteiger partial charge on any atom is -0.356 e. The van der Waals surface area contributed by atoms with Crippen molar-refractivity contribution in [3.05, 3.63) is 41.6 Å². The number of hydrogen-bond donors (Lipinski definition) is 0. The van der Waals surface area contributed by atoms with Gasteiger partial charge in [-0.2, -0.15) is 0 Å². The number of likely N-dealkylation sites (tertiary alicyclic amines) is 1. The Balaban J connectivity index is 0.00000147. The average molecular weight is 313 g/mol. The number of rotatable bonds is 3. The fraction of sp³-hybridized carbons (Fsp3) is 0.400. The molecule has 1 aromatic heterocycles. The Bertz CT molecular complexity index is 589. The van der Waals surface area contributed by atoms with Gasteiger partial charge in [-0.1, -0.05) is 22.8 Å². The number of fused-ring (bicyclic) bond motifs is 1. The first-order chi connectivity index (χ1) is 9.28. The van der Waals surface area contributed by atoms with Gasteiger partial charge >= 0.3 is 0 Å². The number of benzene rings is 1. The molecule has 0 saturated carbocycles.